The lowest BCUT2D eigenvalue weighted by molar-refractivity contribution is -0.137. The van der Waals surface area contributed by atoms with Crippen molar-refractivity contribution >= 4 is 28.2 Å². The first-order chi connectivity index (χ1) is 23.2. The van der Waals surface area contributed by atoms with Gasteiger partial charge in [-0.05, 0) is 51.8 Å². The molecule has 260 valence electrons. The monoisotopic (exact) mass is 688 g/mol. The molecule has 0 bridgehead atoms. The summed E-state index contributed by atoms with van der Waals surface area (Å²) in [6.07, 6.45) is -2.74. The van der Waals surface area contributed by atoms with Crippen molar-refractivity contribution in [2.75, 3.05) is 49.2 Å². The number of halogens is 6. The summed E-state index contributed by atoms with van der Waals surface area (Å²) < 4.78 is 101. The molecular formula is C33H34F6N8O2. The molecule has 49 heavy (non-hydrogen) atoms. The largest absolute Gasteiger partial charge is 0.475 e. The Balaban J connectivity index is 1.46. The SMILES string of the molecule is Cc1c(F)c(N)c(F)c(-c2nc3c4c(nc(OC[C@@]56CCCN5C[C@H](F)C6)nc4c2C)N([C@H](C)c2cccnc2N)CCO3)c1C(F)(F)F. The van der Waals surface area contributed by atoms with E-state index in [1.165, 1.54) is 6.92 Å². The van der Waals surface area contributed by atoms with Crippen LogP contribution < -0.4 is 25.8 Å². The number of benzene rings is 1. The van der Waals surface area contributed by atoms with Crippen LogP contribution in [0.15, 0.2) is 18.3 Å². The summed E-state index contributed by atoms with van der Waals surface area (Å²) in [6.45, 7) is 5.51. The first-order valence-corrected chi connectivity index (χ1v) is 15.9. The van der Waals surface area contributed by atoms with E-state index in [0.29, 0.717) is 18.5 Å². The van der Waals surface area contributed by atoms with E-state index in [2.05, 4.69) is 19.9 Å². The van der Waals surface area contributed by atoms with Gasteiger partial charge in [0.1, 0.15) is 42.1 Å². The lowest BCUT2D eigenvalue weighted by Crippen LogP contribution is -2.43. The second kappa shape index (κ2) is 11.8. The Labute approximate surface area is 277 Å². The van der Waals surface area contributed by atoms with Crippen molar-refractivity contribution in [3.05, 3.63) is 52.2 Å². The molecule has 0 spiro atoms. The first kappa shape index (κ1) is 32.9. The van der Waals surface area contributed by atoms with Gasteiger partial charge in [0, 0.05) is 30.3 Å². The highest BCUT2D eigenvalue weighted by Gasteiger charge is 2.49. The van der Waals surface area contributed by atoms with Crippen LogP contribution in [0.1, 0.15) is 54.5 Å². The molecule has 2 saturated heterocycles. The van der Waals surface area contributed by atoms with Gasteiger partial charge >= 0.3 is 12.2 Å². The number of alkyl halides is 4. The van der Waals surface area contributed by atoms with Crippen LogP contribution in [-0.4, -0.2) is 69.4 Å². The summed E-state index contributed by atoms with van der Waals surface area (Å²) in [7, 11) is 0. The number of hydrogen-bond acceptors (Lipinski definition) is 10. The minimum absolute atomic E-state index is 0.00316. The van der Waals surface area contributed by atoms with Gasteiger partial charge < -0.3 is 25.8 Å². The predicted molar refractivity (Wildman–Crippen MR) is 170 cm³/mol. The molecule has 3 aromatic heterocycles. The number of aromatic nitrogens is 4. The van der Waals surface area contributed by atoms with E-state index < -0.39 is 63.6 Å². The Kier molecular flexibility index (Phi) is 7.91. The molecule has 2 fully saturated rings. The normalized spacial score (nSPS) is 21.5. The van der Waals surface area contributed by atoms with Crippen LogP contribution in [0, 0.1) is 25.5 Å². The fourth-order valence-electron chi connectivity index (χ4n) is 7.61. The van der Waals surface area contributed by atoms with Gasteiger partial charge in [-0.2, -0.15) is 23.1 Å². The topological polar surface area (TPSA) is 129 Å². The quantitative estimate of drug-likeness (QED) is 0.182. The Bertz CT molecular complexity index is 1980. The third-order valence-electron chi connectivity index (χ3n) is 10.0. The molecule has 4 N–H and O–H groups in total. The van der Waals surface area contributed by atoms with Gasteiger partial charge in [-0.3, -0.25) is 4.90 Å². The zero-order valence-corrected chi connectivity index (χ0v) is 27.0. The second-order valence-electron chi connectivity index (χ2n) is 12.9. The third-order valence-corrected chi connectivity index (χ3v) is 10.0. The standard InChI is InChI=1S/C33H34F6N8O2/c1-15-22(33(37,38)39)20(24(36)25(40)23(15)35)26-16(2)27-21-29(45-31(44-27)49-14-32-7-5-9-46(32)13-18(34)12-32)47(10-11-48-30(21)43-26)17(3)19-6-4-8-42-28(19)41/h4,6,8,17-18H,5,7,9-14,40H2,1-3H3,(H2,41,42)/t17-,18-,32+/m1/s1. The lowest BCUT2D eigenvalue weighted by Gasteiger charge is -2.32. The Hall–Kier alpha value is -4.60. The first-order valence-electron chi connectivity index (χ1n) is 15.9. The Morgan fingerprint density at radius 2 is 1.88 bits per heavy atom. The highest BCUT2D eigenvalue weighted by atomic mass is 19.4. The van der Waals surface area contributed by atoms with Crippen LogP contribution in [0.25, 0.3) is 22.2 Å². The number of anilines is 3. The van der Waals surface area contributed by atoms with Gasteiger partial charge in [0.15, 0.2) is 11.6 Å². The molecule has 3 aliphatic rings. The summed E-state index contributed by atoms with van der Waals surface area (Å²) in [5.41, 5.74) is 7.09. The Morgan fingerprint density at radius 1 is 1.10 bits per heavy atom. The summed E-state index contributed by atoms with van der Waals surface area (Å²) in [6, 6.07) is 2.99. The van der Waals surface area contributed by atoms with Crippen LogP contribution in [-0.2, 0) is 6.18 Å². The molecule has 0 amide bonds. The van der Waals surface area contributed by atoms with Gasteiger partial charge in [0.05, 0.1) is 40.5 Å². The van der Waals surface area contributed by atoms with E-state index in [9.17, 15) is 22.0 Å². The fourth-order valence-corrected chi connectivity index (χ4v) is 7.61. The van der Waals surface area contributed by atoms with Crippen molar-refractivity contribution in [1.29, 1.82) is 0 Å². The number of nitrogens with two attached hydrogens (primary N) is 2. The molecule has 1 aromatic carbocycles. The number of nitrogen functional groups attached to an aromatic ring is 2. The van der Waals surface area contributed by atoms with Gasteiger partial charge in [0.25, 0.3) is 0 Å². The van der Waals surface area contributed by atoms with Crippen molar-refractivity contribution in [3.63, 3.8) is 0 Å². The maximum atomic E-state index is 15.8. The average molecular weight is 689 g/mol. The van der Waals surface area contributed by atoms with E-state index in [0.717, 1.165) is 19.9 Å². The van der Waals surface area contributed by atoms with Gasteiger partial charge in [-0.25, -0.2) is 23.1 Å². The lowest BCUT2D eigenvalue weighted by atomic mass is 9.93. The van der Waals surface area contributed by atoms with Crippen LogP contribution >= 0.6 is 0 Å². The highest BCUT2D eigenvalue weighted by Crippen LogP contribution is 2.48. The zero-order valence-electron chi connectivity index (χ0n) is 27.0. The van der Waals surface area contributed by atoms with Crippen molar-refractivity contribution in [1.82, 2.24) is 24.8 Å². The molecule has 10 nitrogen and oxygen atoms in total. The molecule has 0 radical (unpaired) electrons. The molecule has 0 unspecified atom stereocenters. The molecule has 6 heterocycles. The summed E-state index contributed by atoms with van der Waals surface area (Å²) in [5, 5.41) is 0.242. The van der Waals surface area contributed by atoms with Gasteiger partial charge in [-0.15, -0.1) is 0 Å². The maximum absolute atomic E-state index is 15.8. The van der Waals surface area contributed by atoms with Crippen LogP contribution in [0.4, 0.5) is 43.7 Å². The van der Waals surface area contributed by atoms with Crippen molar-refractivity contribution in [2.24, 2.45) is 0 Å². The molecule has 3 atom stereocenters. The molecule has 4 aromatic rings. The van der Waals surface area contributed by atoms with E-state index >= 15 is 4.39 Å². The van der Waals surface area contributed by atoms with Crippen LogP contribution in [0.5, 0.6) is 11.9 Å². The molecular weight excluding hydrogens is 654 g/mol. The van der Waals surface area contributed by atoms with E-state index in [1.807, 2.05) is 17.9 Å². The van der Waals surface area contributed by atoms with Gasteiger partial charge in [0.2, 0.25) is 5.88 Å². The predicted octanol–water partition coefficient (Wildman–Crippen LogP) is 6.08. The summed E-state index contributed by atoms with van der Waals surface area (Å²) in [5.74, 6) is -2.71. The van der Waals surface area contributed by atoms with E-state index in [1.54, 1.807) is 12.3 Å². The highest BCUT2D eigenvalue weighted by molar-refractivity contribution is 5.99. The second-order valence-corrected chi connectivity index (χ2v) is 12.9. The number of pyridine rings is 2. The Morgan fingerprint density at radius 3 is 2.61 bits per heavy atom. The number of ether oxygens (including phenoxy) is 2. The van der Waals surface area contributed by atoms with Crippen molar-refractivity contribution in [3.8, 4) is 23.1 Å². The van der Waals surface area contributed by atoms with Crippen LogP contribution in [0.3, 0.4) is 0 Å². The smallest absolute Gasteiger partial charge is 0.417 e. The maximum Gasteiger partial charge on any atom is 0.417 e. The fraction of sp³-hybridized carbons (Fsp3) is 0.455. The average Bonchev–Trinajstić information content (AvgIpc) is 3.51. The zero-order chi connectivity index (χ0) is 35.0. The van der Waals surface area contributed by atoms with Crippen molar-refractivity contribution in [2.45, 2.75) is 64.0 Å². The number of aryl methyl sites for hydroxylation is 1. The molecule has 7 rings (SSSR count). The van der Waals surface area contributed by atoms with Crippen molar-refractivity contribution < 1.29 is 35.8 Å². The summed E-state index contributed by atoms with van der Waals surface area (Å²) >= 11 is 0. The minimum atomic E-state index is -5.17. The summed E-state index contributed by atoms with van der Waals surface area (Å²) in [4.78, 5) is 21.9. The number of fused-ring (bicyclic) bond motifs is 1. The van der Waals surface area contributed by atoms with E-state index in [4.69, 9.17) is 25.9 Å². The third kappa shape index (κ3) is 5.31. The number of nitrogens with zero attached hydrogens (tertiary/aromatic N) is 6. The molecule has 3 aliphatic heterocycles. The molecule has 16 heteroatoms. The molecule has 0 saturated carbocycles. The molecule has 0 aliphatic carbocycles. The van der Waals surface area contributed by atoms with Gasteiger partial charge in [-0.1, -0.05) is 6.07 Å². The van der Waals surface area contributed by atoms with Crippen LogP contribution in [0.2, 0.25) is 0 Å². The number of rotatable bonds is 6. The van der Waals surface area contributed by atoms with E-state index in [-0.39, 0.29) is 66.2 Å². The number of hydrogen-bond donors (Lipinski definition) is 2. The minimum Gasteiger partial charge on any atom is -0.475 e.